The highest BCUT2D eigenvalue weighted by Crippen LogP contribution is 2.39. The Morgan fingerprint density at radius 2 is 2.00 bits per heavy atom. The van der Waals surface area contributed by atoms with E-state index < -0.39 is 29.5 Å². The van der Waals surface area contributed by atoms with Gasteiger partial charge in [0.25, 0.3) is 5.91 Å². The summed E-state index contributed by atoms with van der Waals surface area (Å²) in [4.78, 5) is 24.4. The quantitative estimate of drug-likeness (QED) is 0.855. The molecule has 6 heteroatoms. The molecule has 1 amide bonds. The van der Waals surface area contributed by atoms with Crippen LogP contribution in [0.3, 0.4) is 0 Å². The van der Waals surface area contributed by atoms with Gasteiger partial charge in [-0.15, -0.1) is 0 Å². The predicted molar refractivity (Wildman–Crippen MR) is 79.3 cm³/mol. The summed E-state index contributed by atoms with van der Waals surface area (Å²) in [7, 11) is 0. The highest BCUT2D eigenvalue weighted by Gasteiger charge is 2.47. The molecule has 22 heavy (non-hydrogen) atoms. The number of aliphatic hydroxyl groups is 1. The Labute approximate surface area is 130 Å². The average Bonchev–Trinajstić information content (AvgIpc) is 2.71. The van der Waals surface area contributed by atoms with Crippen LogP contribution in [0, 0.1) is 5.82 Å². The van der Waals surface area contributed by atoms with Gasteiger partial charge in [0.05, 0.1) is 11.4 Å². The van der Waals surface area contributed by atoms with E-state index in [4.69, 9.17) is 11.6 Å². The molecule has 0 aliphatic carbocycles. The smallest absolute Gasteiger partial charge is 0.261 e. The van der Waals surface area contributed by atoms with Gasteiger partial charge in [-0.3, -0.25) is 9.59 Å². The average molecular weight is 320 g/mol. The first kappa shape index (κ1) is 14.7. The van der Waals surface area contributed by atoms with Gasteiger partial charge in [-0.25, -0.2) is 4.39 Å². The highest BCUT2D eigenvalue weighted by atomic mass is 35.5. The Hall–Kier alpha value is -2.24. The van der Waals surface area contributed by atoms with Crippen molar-refractivity contribution in [3.63, 3.8) is 0 Å². The number of Topliss-reactive ketones (excluding diaryl/α,β-unsaturated/α-hetero) is 1. The van der Waals surface area contributed by atoms with Crippen molar-refractivity contribution in [2.75, 3.05) is 5.32 Å². The fourth-order valence-electron chi connectivity index (χ4n) is 2.51. The number of benzene rings is 2. The maximum absolute atomic E-state index is 13.4. The summed E-state index contributed by atoms with van der Waals surface area (Å²) >= 11 is 5.95. The van der Waals surface area contributed by atoms with Crippen molar-refractivity contribution in [3.05, 3.63) is 64.4 Å². The number of nitrogens with one attached hydrogen (secondary N) is 1. The number of halogens is 2. The molecule has 0 saturated carbocycles. The SMILES string of the molecule is O=C(C[C@@]1(O)C(=O)Nc2ccc(F)cc21)c1ccccc1Cl. The van der Waals surface area contributed by atoms with E-state index in [0.29, 0.717) is 5.69 Å². The van der Waals surface area contributed by atoms with Crippen molar-refractivity contribution in [1.29, 1.82) is 0 Å². The Balaban J connectivity index is 1.98. The summed E-state index contributed by atoms with van der Waals surface area (Å²) in [5.41, 5.74) is -1.55. The monoisotopic (exact) mass is 319 g/mol. The Kier molecular flexibility index (Phi) is 3.47. The van der Waals surface area contributed by atoms with Crippen molar-refractivity contribution in [1.82, 2.24) is 0 Å². The second kappa shape index (κ2) is 5.19. The molecule has 112 valence electrons. The lowest BCUT2D eigenvalue weighted by Gasteiger charge is -2.20. The minimum Gasteiger partial charge on any atom is -0.375 e. The molecular formula is C16H11ClFNO3. The molecule has 0 aromatic heterocycles. The molecule has 4 nitrogen and oxygen atoms in total. The number of hydrogen-bond donors (Lipinski definition) is 2. The molecule has 0 radical (unpaired) electrons. The van der Waals surface area contributed by atoms with Crippen molar-refractivity contribution >= 4 is 29.0 Å². The van der Waals surface area contributed by atoms with E-state index in [9.17, 15) is 19.1 Å². The van der Waals surface area contributed by atoms with E-state index in [1.54, 1.807) is 18.2 Å². The summed E-state index contributed by atoms with van der Waals surface area (Å²) in [6.07, 6.45) is -0.515. The number of carbonyl (C=O) groups excluding carboxylic acids is 2. The minimum atomic E-state index is -2.10. The number of fused-ring (bicyclic) bond motifs is 1. The third-order valence-corrected chi connectivity index (χ3v) is 3.97. The lowest BCUT2D eigenvalue weighted by molar-refractivity contribution is -0.133. The van der Waals surface area contributed by atoms with E-state index in [2.05, 4.69) is 5.32 Å². The minimum absolute atomic E-state index is 0.0536. The Morgan fingerprint density at radius 3 is 2.73 bits per heavy atom. The number of rotatable bonds is 3. The molecule has 2 N–H and O–H groups in total. The van der Waals surface area contributed by atoms with Gasteiger partial charge in [0.15, 0.2) is 11.4 Å². The third-order valence-electron chi connectivity index (χ3n) is 3.64. The van der Waals surface area contributed by atoms with Crippen LogP contribution in [0.15, 0.2) is 42.5 Å². The Bertz CT molecular complexity index is 793. The number of anilines is 1. The van der Waals surface area contributed by atoms with Gasteiger partial charge >= 0.3 is 0 Å². The van der Waals surface area contributed by atoms with Gasteiger partial charge in [-0.1, -0.05) is 23.7 Å². The van der Waals surface area contributed by atoms with Crippen molar-refractivity contribution in [2.45, 2.75) is 12.0 Å². The number of carbonyl (C=O) groups is 2. The van der Waals surface area contributed by atoms with Gasteiger partial charge in [-0.2, -0.15) is 0 Å². The zero-order valence-corrected chi connectivity index (χ0v) is 12.0. The molecule has 1 atom stereocenters. The number of ketones is 1. The van der Waals surface area contributed by atoms with Crippen molar-refractivity contribution in [2.24, 2.45) is 0 Å². The van der Waals surface area contributed by atoms with Crippen LogP contribution in [0.2, 0.25) is 5.02 Å². The molecule has 2 aromatic rings. The molecule has 3 rings (SSSR count). The maximum Gasteiger partial charge on any atom is 0.261 e. The van der Waals surface area contributed by atoms with Crippen LogP contribution in [0.5, 0.6) is 0 Å². The zero-order chi connectivity index (χ0) is 15.9. The topological polar surface area (TPSA) is 66.4 Å². The van der Waals surface area contributed by atoms with E-state index in [1.165, 1.54) is 18.2 Å². The molecule has 0 unspecified atom stereocenters. The van der Waals surface area contributed by atoms with Crippen LogP contribution in [-0.2, 0) is 10.4 Å². The molecule has 0 spiro atoms. The van der Waals surface area contributed by atoms with Crippen molar-refractivity contribution < 1.29 is 19.1 Å². The molecule has 1 heterocycles. The lowest BCUT2D eigenvalue weighted by Crippen LogP contribution is -2.36. The normalized spacial score (nSPS) is 19.7. The Morgan fingerprint density at radius 1 is 1.27 bits per heavy atom. The lowest BCUT2D eigenvalue weighted by atomic mass is 9.88. The van der Waals surface area contributed by atoms with E-state index in [1.807, 2.05) is 0 Å². The van der Waals surface area contributed by atoms with E-state index >= 15 is 0 Å². The molecule has 1 aliphatic heterocycles. The van der Waals surface area contributed by atoms with Crippen LogP contribution in [-0.4, -0.2) is 16.8 Å². The molecule has 0 bridgehead atoms. The fraction of sp³-hybridized carbons (Fsp3) is 0.125. The molecule has 0 saturated heterocycles. The molecule has 0 fully saturated rings. The predicted octanol–water partition coefficient (Wildman–Crippen LogP) is 2.89. The van der Waals surface area contributed by atoms with Gasteiger partial charge < -0.3 is 10.4 Å². The first-order valence-electron chi connectivity index (χ1n) is 6.53. The van der Waals surface area contributed by atoms with Gasteiger partial charge in [0.1, 0.15) is 5.82 Å². The van der Waals surface area contributed by atoms with Gasteiger partial charge in [0.2, 0.25) is 0 Å². The van der Waals surface area contributed by atoms with E-state index in [-0.39, 0.29) is 16.1 Å². The summed E-state index contributed by atoms with van der Waals surface area (Å²) in [5, 5.41) is 13.3. The largest absolute Gasteiger partial charge is 0.375 e. The van der Waals surface area contributed by atoms with Crippen LogP contribution >= 0.6 is 11.6 Å². The fourth-order valence-corrected chi connectivity index (χ4v) is 2.75. The van der Waals surface area contributed by atoms with Crippen LogP contribution in [0.4, 0.5) is 10.1 Å². The molecule has 2 aromatic carbocycles. The van der Waals surface area contributed by atoms with Gasteiger partial charge in [0, 0.05) is 16.8 Å². The highest BCUT2D eigenvalue weighted by molar-refractivity contribution is 6.34. The summed E-state index contributed by atoms with van der Waals surface area (Å²) in [5.74, 6) is -1.85. The second-order valence-electron chi connectivity index (χ2n) is 5.08. The van der Waals surface area contributed by atoms with Crippen LogP contribution in [0.1, 0.15) is 22.3 Å². The molecular weight excluding hydrogens is 309 g/mol. The van der Waals surface area contributed by atoms with Crippen LogP contribution < -0.4 is 5.32 Å². The van der Waals surface area contributed by atoms with Gasteiger partial charge in [-0.05, 0) is 30.3 Å². The molecule has 1 aliphatic rings. The number of hydrogen-bond acceptors (Lipinski definition) is 3. The summed E-state index contributed by atoms with van der Waals surface area (Å²) < 4.78 is 13.4. The first-order valence-corrected chi connectivity index (χ1v) is 6.91. The second-order valence-corrected chi connectivity index (χ2v) is 5.49. The maximum atomic E-state index is 13.4. The first-order chi connectivity index (χ1) is 10.4. The van der Waals surface area contributed by atoms with Crippen molar-refractivity contribution in [3.8, 4) is 0 Å². The summed E-state index contributed by atoms with van der Waals surface area (Å²) in [6.45, 7) is 0. The number of amides is 1. The van der Waals surface area contributed by atoms with E-state index in [0.717, 1.165) is 6.07 Å². The third kappa shape index (κ3) is 2.28. The standard InChI is InChI=1S/C16H11ClFNO3/c17-12-4-2-1-3-10(12)14(20)8-16(22)11-7-9(18)5-6-13(11)19-15(16)21/h1-7,22H,8H2,(H,19,21)/t16-/m0/s1. The van der Waals surface area contributed by atoms with Crippen LogP contribution in [0.25, 0.3) is 0 Å². The summed E-state index contributed by atoms with van der Waals surface area (Å²) in [6, 6.07) is 9.91. The zero-order valence-electron chi connectivity index (χ0n) is 11.3.